The third kappa shape index (κ3) is 4.51. The minimum absolute atomic E-state index is 0.0278. The molecule has 0 aliphatic rings. The third-order valence-corrected chi connectivity index (χ3v) is 3.19. The normalized spacial score (nSPS) is 12.2. The lowest BCUT2D eigenvalue weighted by atomic mass is 10.1. The van der Waals surface area contributed by atoms with Gasteiger partial charge in [0.05, 0.1) is 0 Å². The second kappa shape index (κ2) is 6.89. The van der Waals surface area contributed by atoms with Crippen LogP contribution in [-0.2, 0) is 0 Å². The van der Waals surface area contributed by atoms with Gasteiger partial charge in [-0.15, -0.1) is 0 Å². The fraction of sp³-hybridized carbons (Fsp3) is 0.462. The highest BCUT2D eigenvalue weighted by Gasteiger charge is 2.08. The molecule has 1 rings (SSSR count). The zero-order valence-electron chi connectivity index (χ0n) is 9.79. The summed E-state index contributed by atoms with van der Waals surface area (Å²) in [5.74, 6) is 0.0278. The zero-order valence-corrected chi connectivity index (χ0v) is 12.0. The van der Waals surface area contributed by atoms with Crippen molar-refractivity contribution in [1.82, 2.24) is 5.32 Å². The van der Waals surface area contributed by atoms with Crippen molar-refractivity contribution in [3.63, 3.8) is 0 Å². The van der Waals surface area contributed by atoms with Crippen LogP contribution in [0.15, 0.2) is 24.3 Å². The van der Waals surface area contributed by atoms with Crippen molar-refractivity contribution in [1.29, 1.82) is 0 Å². The van der Waals surface area contributed by atoms with Gasteiger partial charge in [-0.05, 0) is 60.2 Å². The van der Waals surface area contributed by atoms with Crippen LogP contribution < -0.4 is 5.32 Å². The maximum absolute atomic E-state index is 11.8. The predicted octanol–water partition coefficient (Wildman–Crippen LogP) is 3.60. The smallest absolute Gasteiger partial charge is 0.251 e. The number of halogens is 1. The first-order valence-corrected chi connectivity index (χ1v) is 6.77. The number of hydrogen-bond donors (Lipinski definition) is 1. The van der Waals surface area contributed by atoms with Gasteiger partial charge in [-0.25, -0.2) is 0 Å². The molecule has 0 aromatic heterocycles. The average molecular weight is 331 g/mol. The van der Waals surface area contributed by atoms with Gasteiger partial charge in [0.1, 0.15) is 0 Å². The summed E-state index contributed by atoms with van der Waals surface area (Å²) < 4.78 is 1.15. The van der Waals surface area contributed by atoms with E-state index in [0.29, 0.717) is 0 Å². The van der Waals surface area contributed by atoms with Crippen molar-refractivity contribution in [2.75, 3.05) is 0 Å². The second-order valence-corrected chi connectivity index (χ2v) is 5.27. The Kier molecular flexibility index (Phi) is 5.80. The number of carbonyl (C=O) groups excluding carboxylic acids is 1. The lowest BCUT2D eigenvalue weighted by Crippen LogP contribution is -2.32. The first kappa shape index (κ1) is 13.5. The molecular weight excluding hydrogens is 313 g/mol. The van der Waals surface area contributed by atoms with Gasteiger partial charge in [0, 0.05) is 15.2 Å². The first-order chi connectivity index (χ1) is 7.63. The molecule has 1 N–H and O–H groups in total. The summed E-state index contributed by atoms with van der Waals surface area (Å²) in [5.41, 5.74) is 0.740. The van der Waals surface area contributed by atoms with Crippen LogP contribution in [0.3, 0.4) is 0 Å². The lowest BCUT2D eigenvalue weighted by molar-refractivity contribution is 0.0938. The molecule has 1 unspecified atom stereocenters. The molecule has 1 amide bonds. The van der Waals surface area contributed by atoms with Crippen molar-refractivity contribution in [3.05, 3.63) is 33.4 Å². The molecule has 0 radical (unpaired) electrons. The fourth-order valence-electron chi connectivity index (χ4n) is 1.49. The number of carbonyl (C=O) groups is 1. The van der Waals surface area contributed by atoms with E-state index in [1.807, 2.05) is 24.3 Å². The van der Waals surface area contributed by atoms with Crippen LogP contribution in [0.5, 0.6) is 0 Å². The zero-order chi connectivity index (χ0) is 12.0. The highest BCUT2D eigenvalue weighted by molar-refractivity contribution is 14.1. The Labute approximate surface area is 111 Å². The van der Waals surface area contributed by atoms with E-state index in [2.05, 4.69) is 41.8 Å². The molecule has 0 spiro atoms. The maximum Gasteiger partial charge on any atom is 0.251 e. The first-order valence-electron chi connectivity index (χ1n) is 5.70. The van der Waals surface area contributed by atoms with Gasteiger partial charge >= 0.3 is 0 Å². The monoisotopic (exact) mass is 331 g/mol. The van der Waals surface area contributed by atoms with E-state index in [4.69, 9.17) is 0 Å². The molecule has 1 aromatic rings. The summed E-state index contributed by atoms with van der Waals surface area (Å²) in [4.78, 5) is 11.8. The molecule has 3 heteroatoms. The number of unbranched alkanes of at least 4 members (excludes halogenated alkanes) is 1. The van der Waals surface area contributed by atoms with Crippen LogP contribution in [0.4, 0.5) is 0 Å². The van der Waals surface area contributed by atoms with Crippen LogP contribution in [0.2, 0.25) is 0 Å². The molecule has 88 valence electrons. The Morgan fingerprint density at radius 1 is 1.38 bits per heavy atom. The van der Waals surface area contributed by atoms with Crippen molar-refractivity contribution in [2.24, 2.45) is 0 Å². The Morgan fingerprint density at radius 2 is 2.00 bits per heavy atom. The number of benzene rings is 1. The Hall–Kier alpha value is -0.580. The van der Waals surface area contributed by atoms with Crippen LogP contribution in [0.1, 0.15) is 43.5 Å². The molecule has 16 heavy (non-hydrogen) atoms. The molecule has 0 fully saturated rings. The second-order valence-electron chi connectivity index (χ2n) is 4.02. The van der Waals surface area contributed by atoms with Crippen LogP contribution in [0, 0.1) is 3.57 Å². The van der Waals surface area contributed by atoms with E-state index in [0.717, 1.165) is 22.0 Å². The van der Waals surface area contributed by atoms with Gasteiger partial charge in [0.25, 0.3) is 5.91 Å². The fourth-order valence-corrected chi connectivity index (χ4v) is 1.85. The highest BCUT2D eigenvalue weighted by atomic mass is 127. The van der Waals surface area contributed by atoms with Crippen molar-refractivity contribution >= 4 is 28.5 Å². The van der Waals surface area contributed by atoms with Crippen LogP contribution in [-0.4, -0.2) is 11.9 Å². The molecule has 2 nitrogen and oxygen atoms in total. The summed E-state index contributed by atoms with van der Waals surface area (Å²) in [5, 5.41) is 3.01. The largest absolute Gasteiger partial charge is 0.350 e. The molecule has 0 aliphatic heterocycles. The summed E-state index contributed by atoms with van der Waals surface area (Å²) in [7, 11) is 0. The Bertz CT molecular complexity index is 334. The quantitative estimate of drug-likeness (QED) is 0.821. The summed E-state index contributed by atoms with van der Waals surface area (Å²) in [6, 6.07) is 7.89. The van der Waals surface area contributed by atoms with Crippen molar-refractivity contribution < 1.29 is 4.79 Å². The summed E-state index contributed by atoms with van der Waals surface area (Å²) >= 11 is 2.23. The average Bonchev–Trinajstić information content (AvgIpc) is 2.27. The molecule has 0 saturated heterocycles. The maximum atomic E-state index is 11.8. The number of nitrogens with one attached hydrogen (secondary N) is 1. The SMILES string of the molecule is CCCCC(C)NC(=O)c1ccc(I)cc1. The molecule has 0 aliphatic carbocycles. The summed E-state index contributed by atoms with van der Waals surface area (Å²) in [6.07, 6.45) is 3.38. The van der Waals surface area contributed by atoms with E-state index in [1.54, 1.807) is 0 Å². The highest BCUT2D eigenvalue weighted by Crippen LogP contribution is 2.07. The molecule has 1 aromatic carbocycles. The standard InChI is InChI=1S/C13H18INO/c1-3-4-5-10(2)15-13(16)11-6-8-12(14)9-7-11/h6-10H,3-5H2,1-2H3,(H,15,16). The summed E-state index contributed by atoms with van der Waals surface area (Å²) in [6.45, 7) is 4.22. The molecular formula is C13H18INO. The lowest BCUT2D eigenvalue weighted by Gasteiger charge is -2.13. The topological polar surface area (TPSA) is 29.1 Å². The minimum Gasteiger partial charge on any atom is -0.350 e. The van der Waals surface area contributed by atoms with Gasteiger partial charge in [0.2, 0.25) is 0 Å². The molecule has 0 saturated carbocycles. The number of rotatable bonds is 5. The van der Waals surface area contributed by atoms with Gasteiger partial charge < -0.3 is 5.32 Å². The molecule has 0 bridgehead atoms. The number of hydrogen-bond acceptors (Lipinski definition) is 1. The van der Waals surface area contributed by atoms with Crippen molar-refractivity contribution in [3.8, 4) is 0 Å². The van der Waals surface area contributed by atoms with Gasteiger partial charge in [-0.3, -0.25) is 4.79 Å². The number of amides is 1. The Balaban J connectivity index is 2.48. The molecule has 1 atom stereocenters. The van der Waals surface area contributed by atoms with E-state index in [-0.39, 0.29) is 11.9 Å². The third-order valence-electron chi connectivity index (χ3n) is 2.47. The van der Waals surface area contributed by atoms with Gasteiger partial charge in [-0.2, -0.15) is 0 Å². The van der Waals surface area contributed by atoms with Gasteiger partial charge in [0.15, 0.2) is 0 Å². The van der Waals surface area contributed by atoms with Crippen molar-refractivity contribution in [2.45, 2.75) is 39.2 Å². The molecule has 0 heterocycles. The predicted molar refractivity (Wildman–Crippen MR) is 75.6 cm³/mol. The Morgan fingerprint density at radius 3 is 2.56 bits per heavy atom. The van der Waals surface area contributed by atoms with Gasteiger partial charge in [-0.1, -0.05) is 19.8 Å². The van der Waals surface area contributed by atoms with E-state index in [9.17, 15) is 4.79 Å². The van der Waals surface area contributed by atoms with E-state index >= 15 is 0 Å². The van der Waals surface area contributed by atoms with Crippen LogP contribution in [0.25, 0.3) is 0 Å². The van der Waals surface area contributed by atoms with Crippen LogP contribution >= 0.6 is 22.6 Å². The minimum atomic E-state index is 0.0278. The van der Waals surface area contributed by atoms with E-state index in [1.165, 1.54) is 6.42 Å². The van der Waals surface area contributed by atoms with E-state index < -0.39 is 0 Å².